The minimum atomic E-state index is -0.170. The zero-order chi connectivity index (χ0) is 14.1. The van der Waals surface area contributed by atoms with Crippen molar-refractivity contribution in [3.05, 3.63) is 34.1 Å². The lowest BCUT2D eigenvalue weighted by Crippen LogP contribution is -2.54. The fourth-order valence-corrected chi connectivity index (χ4v) is 4.27. The van der Waals surface area contributed by atoms with Crippen molar-refractivity contribution in [2.45, 2.75) is 56.8 Å². The molecule has 3 rings (SSSR count). The molecule has 2 fully saturated rings. The Kier molecular flexibility index (Phi) is 4.43. The van der Waals surface area contributed by atoms with Crippen LogP contribution in [0.15, 0.2) is 22.7 Å². The Bertz CT molecular complexity index is 445. The first kappa shape index (κ1) is 14.5. The Morgan fingerprint density at radius 2 is 1.95 bits per heavy atom. The van der Waals surface area contributed by atoms with E-state index in [-0.39, 0.29) is 5.82 Å². The lowest BCUT2D eigenvalue weighted by molar-refractivity contribution is 0.0482. The van der Waals surface area contributed by atoms with Crippen LogP contribution in [0.5, 0.6) is 0 Å². The molecular formula is C16H22BrFN2. The Balaban J connectivity index is 1.59. The molecule has 2 aliphatic heterocycles. The summed E-state index contributed by atoms with van der Waals surface area (Å²) in [5.74, 6) is -0.170. The summed E-state index contributed by atoms with van der Waals surface area (Å²) in [6.07, 6.45) is 6.49. The zero-order valence-corrected chi connectivity index (χ0v) is 13.5. The van der Waals surface area contributed by atoms with Crippen molar-refractivity contribution in [3.8, 4) is 0 Å². The fraction of sp³-hybridized carbons (Fsp3) is 0.625. The van der Waals surface area contributed by atoms with Gasteiger partial charge >= 0.3 is 0 Å². The molecule has 2 saturated heterocycles. The number of fused-ring (bicyclic) bond motifs is 2. The highest BCUT2D eigenvalue weighted by atomic mass is 79.9. The van der Waals surface area contributed by atoms with Crippen LogP contribution in [-0.4, -0.2) is 30.1 Å². The van der Waals surface area contributed by atoms with E-state index in [9.17, 15) is 4.39 Å². The number of benzene rings is 1. The maximum absolute atomic E-state index is 13.4. The van der Waals surface area contributed by atoms with E-state index in [1.165, 1.54) is 38.2 Å². The number of nitrogens with zero attached hydrogens (tertiary/aromatic N) is 1. The molecule has 0 amide bonds. The molecule has 1 N–H and O–H groups in total. The van der Waals surface area contributed by atoms with Gasteiger partial charge in [-0.3, -0.25) is 0 Å². The van der Waals surface area contributed by atoms with Gasteiger partial charge in [-0.25, -0.2) is 4.39 Å². The Labute approximate surface area is 128 Å². The quantitative estimate of drug-likeness (QED) is 0.902. The van der Waals surface area contributed by atoms with Crippen LogP contribution in [0.3, 0.4) is 0 Å². The molecule has 2 heterocycles. The summed E-state index contributed by atoms with van der Waals surface area (Å²) < 4.78 is 14.2. The van der Waals surface area contributed by atoms with Gasteiger partial charge in [0.25, 0.3) is 0 Å². The van der Waals surface area contributed by atoms with Gasteiger partial charge in [0.2, 0.25) is 0 Å². The van der Waals surface area contributed by atoms with Crippen molar-refractivity contribution in [1.82, 2.24) is 10.2 Å². The molecule has 0 spiro atoms. The highest BCUT2D eigenvalue weighted by Crippen LogP contribution is 2.32. The second-order valence-corrected chi connectivity index (χ2v) is 7.15. The summed E-state index contributed by atoms with van der Waals surface area (Å²) in [4.78, 5) is 2.57. The molecule has 0 saturated carbocycles. The molecule has 0 aromatic heterocycles. The Morgan fingerprint density at radius 3 is 2.60 bits per heavy atom. The predicted molar refractivity (Wildman–Crippen MR) is 83.2 cm³/mol. The molecule has 1 aromatic rings. The van der Waals surface area contributed by atoms with E-state index in [1.54, 1.807) is 6.07 Å². The molecule has 110 valence electrons. The van der Waals surface area contributed by atoms with Crippen LogP contribution in [-0.2, 0) is 6.54 Å². The highest BCUT2D eigenvalue weighted by molar-refractivity contribution is 9.10. The van der Waals surface area contributed by atoms with Gasteiger partial charge in [-0.05, 0) is 56.5 Å². The summed E-state index contributed by atoms with van der Waals surface area (Å²) in [6, 6.07) is 7.16. The SMILES string of the molecule is CN1C2CCCC1CC(NCc1cc(F)cc(Br)c1)C2. The van der Waals surface area contributed by atoms with Gasteiger partial charge < -0.3 is 10.2 Å². The molecule has 0 radical (unpaired) electrons. The summed E-state index contributed by atoms with van der Waals surface area (Å²) in [5.41, 5.74) is 1.01. The van der Waals surface area contributed by atoms with E-state index in [2.05, 4.69) is 33.2 Å². The van der Waals surface area contributed by atoms with Crippen LogP contribution in [0.4, 0.5) is 4.39 Å². The third kappa shape index (κ3) is 3.23. The normalized spacial score (nSPS) is 30.4. The third-order valence-corrected chi connectivity index (χ3v) is 5.31. The summed E-state index contributed by atoms with van der Waals surface area (Å²) in [6.45, 7) is 0.754. The topological polar surface area (TPSA) is 15.3 Å². The van der Waals surface area contributed by atoms with Gasteiger partial charge in [0.1, 0.15) is 5.82 Å². The first-order valence-corrected chi connectivity index (χ1v) is 8.31. The molecule has 1 aromatic carbocycles. The average Bonchev–Trinajstić information content (AvgIpc) is 2.35. The maximum Gasteiger partial charge on any atom is 0.124 e. The number of rotatable bonds is 3. The van der Waals surface area contributed by atoms with Gasteiger partial charge in [-0.1, -0.05) is 22.4 Å². The van der Waals surface area contributed by atoms with Crippen LogP contribution in [0, 0.1) is 5.82 Å². The number of hydrogen-bond acceptors (Lipinski definition) is 2. The average molecular weight is 341 g/mol. The van der Waals surface area contributed by atoms with Gasteiger partial charge in [-0.15, -0.1) is 0 Å². The molecule has 2 unspecified atom stereocenters. The number of piperidine rings is 2. The lowest BCUT2D eigenvalue weighted by Gasteiger charge is -2.47. The number of halogens is 2. The van der Waals surface area contributed by atoms with Crippen LogP contribution in [0.25, 0.3) is 0 Å². The molecular weight excluding hydrogens is 319 g/mol. The predicted octanol–water partition coefficient (Wildman–Crippen LogP) is 3.69. The fourth-order valence-electron chi connectivity index (χ4n) is 3.76. The monoisotopic (exact) mass is 340 g/mol. The van der Waals surface area contributed by atoms with Gasteiger partial charge in [0.05, 0.1) is 0 Å². The largest absolute Gasteiger partial charge is 0.310 e. The third-order valence-electron chi connectivity index (χ3n) is 4.86. The van der Waals surface area contributed by atoms with Crippen LogP contribution < -0.4 is 5.32 Å². The van der Waals surface area contributed by atoms with Gasteiger partial charge in [0, 0.05) is 29.1 Å². The van der Waals surface area contributed by atoms with Gasteiger partial charge in [-0.2, -0.15) is 0 Å². The summed E-state index contributed by atoms with van der Waals surface area (Å²) in [7, 11) is 2.27. The minimum Gasteiger partial charge on any atom is -0.310 e. The van der Waals surface area contributed by atoms with Gasteiger partial charge in [0.15, 0.2) is 0 Å². The van der Waals surface area contributed by atoms with Crippen LogP contribution >= 0.6 is 15.9 Å². The second kappa shape index (κ2) is 6.12. The molecule has 2 aliphatic rings. The number of hydrogen-bond donors (Lipinski definition) is 1. The van der Waals surface area contributed by atoms with Crippen molar-refractivity contribution in [1.29, 1.82) is 0 Å². The minimum absolute atomic E-state index is 0.170. The van der Waals surface area contributed by atoms with E-state index in [0.29, 0.717) is 6.04 Å². The molecule has 4 heteroatoms. The first-order chi connectivity index (χ1) is 9.61. The van der Waals surface area contributed by atoms with E-state index in [4.69, 9.17) is 0 Å². The lowest BCUT2D eigenvalue weighted by atomic mass is 9.82. The Hall–Kier alpha value is -0.450. The van der Waals surface area contributed by atoms with E-state index in [0.717, 1.165) is 28.7 Å². The summed E-state index contributed by atoms with van der Waals surface area (Å²) in [5, 5.41) is 3.63. The van der Waals surface area contributed by atoms with E-state index < -0.39 is 0 Å². The van der Waals surface area contributed by atoms with E-state index >= 15 is 0 Å². The van der Waals surface area contributed by atoms with Crippen molar-refractivity contribution in [3.63, 3.8) is 0 Å². The van der Waals surface area contributed by atoms with E-state index in [1.807, 2.05) is 6.07 Å². The van der Waals surface area contributed by atoms with Crippen LogP contribution in [0.1, 0.15) is 37.7 Å². The molecule has 0 aliphatic carbocycles. The van der Waals surface area contributed by atoms with Crippen molar-refractivity contribution in [2.75, 3.05) is 7.05 Å². The molecule has 2 atom stereocenters. The molecule has 20 heavy (non-hydrogen) atoms. The molecule has 2 nitrogen and oxygen atoms in total. The molecule has 2 bridgehead atoms. The van der Waals surface area contributed by atoms with Crippen molar-refractivity contribution in [2.24, 2.45) is 0 Å². The second-order valence-electron chi connectivity index (χ2n) is 6.23. The van der Waals surface area contributed by atoms with Crippen molar-refractivity contribution >= 4 is 15.9 Å². The maximum atomic E-state index is 13.4. The first-order valence-electron chi connectivity index (χ1n) is 7.52. The zero-order valence-electron chi connectivity index (χ0n) is 11.9. The number of nitrogens with one attached hydrogen (secondary N) is 1. The summed E-state index contributed by atoms with van der Waals surface area (Å²) >= 11 is 3.35. The van der Waals surface area contributed by atoms with Crippen LogP contribution in [0.2, 0.25) is 0 Å². The highest BCUT2D eigenvalue weighted by Gasteiger charge is 2.35. The van der Waals surface area contributed by atoms with Crippen molar-refractivity contribution < 1.29 is 4.39 Å². The standard InChI is InChI=1S/C16H22BrFN2/c1-20-15-3-2-4-16(20)9-14(8-15)19-10-11-5-12(17)7-13(18)6-11/h5-7,14-16,19H,2-4,8-10H2,1H3. The Morgan fingerprint density at radius 1 is 1.25 bits per heavy atom. The smallest absolute Gasteiger partial charge is 0.124 e.